The molecule has 1 aliphatic heterocycles. The van der Waals surface area contributed by atoms with Crippen LogP contribution in [0.2, 0.25) is 0 Å². The van der Waals surface area contributed by atoms with Crippen LogP contribution in [0.15, 0.2) is 22.8 Å². The molecule has 23 heavy (non-hydrogen) atoms. The first-order chi connectivity index (χ1) is 11.0. The molecule has 1 atom stereocenters. The smallest absolute Gasteiger partial charge is 0.286 e. The van der Waals surface area contributed by atoms with Crippen molar-refractivity contribution in [3.63, 3.8) is 0 Å². The van der Waals surface area contributed by atoms with E-state index in [1.807, 2.05) is 0 Å². The van der Waals surface area contributed by atoms with E-state index in [2.05, 4.69) is 5.32 Å². The van der Waals surface area contributed by atoms with Crippen molar-refractivity contribution < 1.29 is 18.8 Å². The molecule has 0 aliphatic carbocycles. The lowest BCUT2D eigenvalue weighted by molar-refractivity contribution is -0.142. The SMILES string of the molecule is CN(C)C(=O)C1CCCN1C(=O)CCCNC(=O)c1ccco1. The summed E-state index contributed by atoms with van der Waals surface area (Å²) in [7, 11) is 3.40. The average molecular weight is 321 g/mol. The van der Waals surface area contributed by atoms with Crippen molar-refractivity contribution in [3.05, 3.63) is 24.2 Å². The van der Waals surface area contributed by atoms with E-state index in [1.165, 1.54) is 11.2 Å². The Balaban J connectivity index is 1.74. The van der Waals surface area contributed by atoms with Gasteiger partial charge in [-0.1, -0.05) is 0 Å². The number of carbonyl (C=O) groups excluding carboxylic acids is 3. The number of carbonyl (C=O) groups is 3. The number of furan rings is 1. The van der Waals surface area contributed by atoms with Gasteiger partial charge < -0.3 is 19.5 Å². The molecule has 1 saturated heterocycles. The molecule has 0 bridgehead atoms. The van der Waals surface area contributed by atoms with Gasteiger partial charge in [0, 0.05) is 33.6 Å². The van der Waals surface area contributed by atoms with Crippen LogP contribution in [0.4, 0.5) is 0 Å². The molecule has 2 heterocycles. The highest BCUT2D eigenvalue weighted by atomic mass is 16.3. The molecule has 1 aliphatic rings. The predicted molar refractivity (Wildman–Crippen MR) is 83.7 cm³/mol. The lowest BCUT2D eigenvalue weighted by Crippen LogP contribution is -2.45. The van der Waals surface area contributed by atoms with Crippen molar-refractivity contribution in [3.8, 4) is 0 Å². The van der Waals surface area contributed by atoms with E-state index in [1.54, 1.807) is 31.1 Å². The fourth-order valence-electron chi connectivity index (χ4n) is 2.70. The first kappa shape index (κ1) is 17.1. The third-order valence-electron chi connectivity index (χ3n) is 3.90. The van der Waals surface area contributed by atoms with E-state index in [4.69, 9.17) is 4.42 Å². The summed E-state index contributed by atoms with van der Waals surface area (Å²) in [5, 5.41) is 2.70. The van der Waals surface area contributed by atoms with Crippen molar-refractivity contribution in [1.29, 1.82) is 0 Å². The molecule has 1 N–H and O–H groups in total. The molecule has 0 saturated carbocycles. The molecule has 126 valence electrons. The van der Waals surface area contributed by atoms with Crippen LogP contribution in [0.3, 0.4) is 0 Å². The number of amides is 3. The fourth-order valence-corrected chi connectivity index (χ4v) is 2.70. The maximum absolute atomic E-state index is 12.3. The molecule has 3 amide bonds. The second-order valence-corrected chi connectivity index (χ2v) is 5.81. The minimum atomic E-state index is -0.338. The van der Waals surface area contributed by atoms with Crippen molar-refractivity contribution in [2.45, 2.75) is 31.7 Å². The van der Waals surface area contributed by atoms with Crippen LogP contribution in [0, 0.1) is 0 Å². The summed E-state index contributed by atoms with van der Waals surface area (Å²) in [5.41, 5.74) is 0. The summed E-state index contributed by atoms with van der Waals surface area (Å²) in [6.45, 7) is 1.02. The van der Waals surface area contributed by atoms with Gasteiger partial charge in [0.2, 0.25) is 11.8 Å². The minimum Gasteiger partial charge on any atom is -0.459 e. The lowest BCUT2D eigenvalue weighted by atomic mass is 10.2. The van der Waals surface area contributed by atoms with Crippen LogP contribution in [-0.4, -0.2) is 60.7 Å². The molecule has 7 nitrogen and oxygen atoms in total. The van der Waals surface area contributed by atoms with E-state index in [0.717, 1.165) is 12.8 Å². The Kier molecular flexibility index (Phi) is 5.78. The average Bonchev–Trinajstić information content (AvgIpc) is 3.20. The Morgan fingerprint density at radius 2 is 2.17 bits per heavy atom. The van der Waals surface area contributed by atoms with Gasteiger partial charge in [-0.25, -0.2) is 0 Å². The van der Waals surface area contributed by atoms with E-state index in [-0.39, 0.29) is 29.5 Å². The number of hydrogen-bond donors (Lipinski definition) is 1. The van der Waals surface area contributed by atoms with Crippen molar-refractivity contribution in [1.82, 2.24) is 15.1 Å². The number of hydrogen-bond acceptors (Lipinski definition) is 4. The molecule has 0 aromatic carbocycles. The van der Waals surface area contributed by atoms with Gasteiger partial charge in [-0.05, 0) is 31.4 Å². The molecule has 2 rings (SSSR count). The molecular formula is C16H23N3O4. The van der Waals surface area contributed by atoms with Crippen molar-refractivity contribution in [2.24, 2.45) is 0 Å². The molecule has 1 fully saturated rings. The van der Waals surface area contributed by atoms with Gasteiger partial charge in [-0.15, -0.1) is 0 Å². The van der Waals surface area contributed by atoms with E-state index >= 15 is 0 Å². The minimum absolute atomic E-state index is 0.0260. The van der Waals surface area contributed by atoms with Crippen molar-refractivity contribution >= 4 is 17.7 Å². The van der Waals surface area contributed by atoms with Gasteiger partial charge in [-0.3, -0.25) is 14.4 Å². The number of likely N-dealkylation sites (tertiary alicyclic amines) is 1. The normalized spacial score (nSPS) is 17.1. The molecular weight excluding hydrogens is 298 g/mol. The Labute approximate surface area is 135 Å². The summed E-state index contributed by atoms with van der Waals surface area (Å²) in [6, 6.07) is 2.89. The van der Waals surface area contributed by atoms with Gasteiger partial charge in [0.05, 0.1) is 6.26 Å². The van der Waals surface area contributed by atoms with Gasteiger partial charge in [0.15, 0.2) is 5.76 Å². The van der Waals surface area contributed by atoms with Crippen LogP contribution in [0.25, 0.3) is 0 Å². The zero-order valence-corrected chi connectivity index (χ0v) is 13.6. The Bertz CT molecular complexity index is 554. The summed E-state index contributed by atoms with van der Waals surface area (Å²) in [5.74, 6) is -0.0892. The summed E-state index contributed by atoms with van der Waals surface area (Å²) < 4.78 is 4.99. The molecule has 0 spiro atoms. The predicted octanol–water partition coefficient (Wildman–Crippen LogP) is 0.869. The fraction of sp³-hybridized carbons (Fsp3) is 0.562. The second-order valence-electron chi connectivity index (χ2n) is 5.81. The Hall–Kier alpha value is -2.31. The molecule has 0 radical (unpaired) electrons. The zero-order valence-electron chi connectivity index (χ0n) is 13.6. The highest BCUT2D eigenvalue weighted by Gasteiger charge is 2.34. The van der Waals surface area contributed by atoms with E-state index < -0.39 is 0 Å². The van der Waals surface area contributed by atoms with E-state index in [9.17, 15) is 14.4 Å². The third-order valence-corrected chi connectivity index (χ3v) is 3.90. The lowest BCUT2D eigenvalue weighted by Gasteiger charge is -2.26. The quantitative estimate of drug-likeness (QED) is 0.788. The van der Waals surface area contributed by atoms with Crippen LogP contribution < -0.4 is 5.32 Å². The second kappa shape index (κ2) is 7.80. The topological polar surface area (TPSA) is 82.9 Å². The van der Waals surface area contributed by atoms with Crippen LogP contribution >= 0.6 is 0 Å². The maximum Gasteiger partial charge on any atom is 0.286 e. The van der Waals surface area contributed by atoms with Crippen LogP contribution in [0.5, 0.6) is 0 Å². The monoisotopic (exact) mass is 321 g/mol. The van der Waals surface area contributed by atoms with E-state index in [0.29, 0.717) is 25.9 Å². The number of nitrogens with zero attached hydrogens (tertiary/aromatic N) is 2. The zero-order chi connectivity index (χ0) is 16.8. The van der Waals surface area contributed by atoms with Crippen molar-refractivity contribution in [2.75, 3.05) is 27.2 Å². The first-order valence-corrected chi connectivity index (χ1v) is 7.83. The summed E-state index contributed by atoms with van der Waals surface area (Å²) in [6.07, 6.45) is 3.86. The number of nitrogens with one attached hydrogen (secondary N) is 1. The summed E-state index contributed by atoms with van der Waals surface area (Å²) in [4.78, 5) is 39.2. The standard InChI is InChI=1S/C16H23N3O4/c1-18(2)16(22)12-6-4-10-19(12)14(20)8-3-9-17-15(21)13-7-5-11-23-13/h5,7,11-12H,3-4,6,8-10H2,1-2H3,(H,17,21). The Morgan fingerprint density at radius 1 is 1.39 bits per heavy atom. The first-order valence-electron chi connectivity index (χ1n) is 7.83. The molecule has 1 aromatic rings. The summed E-state index contributed by atoms with van der Waals surface area (Å²) >= 11 is 0. The number of likely N-dealkylation sites (N-methyl/N-ethyl adjacent to an activating group) is 1. The maximum atomic E-state index is 12.3. The van der Waals surface area contributed by atoms with Crippen LogP contribution in [0.1, 0.15) is 36.2 Å². The van der Waals surface area contributed by atoms with Gasteiger partial charge >= 0.3 is 0 Å². The van der Waals surface area contributed by atoms with Gasteiger partial charge in [-0.2, -0.15) is 0 Å². The van der Waals surface area contributed by atoms with Gasteiger partial charge in [0.25, 0.3) is 5.91 Å². The third kappa shape index (κ3) is 4.34. The molecule has 7 heteroatoms. The Morgan fingerprint density at radius 3 is 2.83 bits per heavy atom. The molecule has 1 aromatic heterocycles. The molecule has 1 unspecified atom stereocenters. The van der Waals surface area contributed by atoms with Crippen LogP contribution in [-0.2, 0) is 9.59 Å². The van der Waals surface area contributed by atoms with Gasteiger partial charge in [0.1, 0.15) is 6.04 Å². The number of rotatable bonds is 6. The highest BCUT2D eigenvalue weighted by molar-refractivity contribution is 5.91. The largest absolute Gasteiger partial charge is 0.459 e. The highest BCUT2D eigenvalue weighted by Crippen LogP contribution is 2.20.